The minimum atomic E-state index is 0.936. The SMILES string of the molecule is CC1CC2CC(C(C)C)CC2C1. The van der Waals surface area contributed by atoms with Crippen molar-refractivity contribution in [3.63, 3.8) is 0 Å². The number of hydrogen-bond acceptors (Lipinski definition) is 0. The third-order valence-corrected chi connectivity index (χ3v) is 4.23. The van der Waals surface area contributed by atoms with Gasteiger partial charge in [-0.05, 0) is 55.3 Å². The van der Waals surface area contributed by atoms with Crippen molar-refractivity contribution in [3.05, 3.63) is 0 Å². The Hall–Kier alpha value is 0. The van der Waals surface area contributed by atoms with E-state index in [1.807, 2.05) is 0 Å². The van der Waals surface area contributed by atoms with E-state index in [4.69, 9.17) is 0 Å². The highest BCUT2D eigenvalue weighted by Gasteiger charge is 2.40. The topological polar surface area (TPSA) is 0 Å². The maximum atomic E-state index is 2.43. The molecule has 0 aromatic heterocycles. The van der Waals surface area contributed by atoms with E-state index in [1.165, 1.54) is 12.8 Å². The normalized spacial score (nSPS) is 47.0. The minimum Gasteiger partial charge on any atom is -0.0625 e. The standard InChI is InChI=1S/C12H22/c1-8(2)10-6-11-4-9(3)5-12(11)7-10/h8-12H,4-7H2,1-3H3. The first-order valence-corrected chi connectivity index (χ1v) is 5.66. The van der Waals surface area contributed by atoms with Gasteiger partial charge in [0.15, 0.2) is 0 Å². The Bertz CT molecular complexity index is 145. The maximum Gasteiger partial charge on any atom is -0.0380 e. The molecule has 2 unspecified atom stereocenters. The Labute approximate surface area is 76.7 Å². The van der Waals surface area contributed by atoms with Crippen LogP contribution in [0.15, 0.2) is 0 Å². The zero-order valence-electron chi connectivity index (χ0n) is 8.72. The van der Waals surface area contributed by atoms with Gasteiger partial charge >= 0.3 is 0 Å². The van der Waals surface area contributed by atoms with E-state index >= 15 is 0 Å². The summed E-state index contributed by atoms with van der Waals surface area (Å²) in [7, 11) is 0. The van der Waals surface area contributed by atoms with Crippen LogP contribution in [0.5, 0.6) is 0 Å². The van der Waals surface area contributed by atoms with Gasteiger partial charge in [-0.15, -0.1) is 0 Å². The van der Waals surface area contributed by atoms with Crippen LogP contribution < -0.4 is 0 Å². The van der Waals surface area contributed by atoms with Crippen LogP contribution in [0.25, 0.3) is 0 Å². The number of fused-ring (bicyclic) bond motifs is 1. The fourth-order valence-electron chi connectivity index (χ4n) is 3.51. The van der Waals surface area contributed by atoms with E-state index in [9.17, 15) is 0 Å². The van der Waals surface area contributed by atoms with Crippen LogP contribution in [-0.2, 0) is 0 Å². The summed E-state index contributed by atoms with van der Waals surface area (Å²) in [5.74, 6) is 5.27. The lowest BCUT2D eigenvalue weighted by Crippen LogP contribution is -2.05. The largest absolute Gasteiger partial charge is 0.0625 e. The molecule has 70 valence electrons. The smallest absolute Gasteiger partial charge is 0.0380 e. The van der Waals surface area contributed by atoms with E-state index in [0.29, 0.717) is 0 Å². The van der Waals surface area contributed by atoms with E-state index in [1.54, 1.807) is 12.8 Å². The second kappa shape index (κ2) is 3.05. The summed E-state index contributed by atoms with van der Waals surface area (Å²) < 4.78 is 0. The van der Waals surface area contributed by atoms with Gasteiger partial charge in [-0.2, -0.15) is 0 Å². The molecule has 2 aliphatic carbocycles. The van der Waals surface area contributed by atoms with Gasteiger partial charge in [0.05, 0.1) is 0 Å². The zero-order chi connectivity index (χ0) is 8.72. The first-order valence-electron chi connectivity index (χ1n) is 5.66. The van der Waals surface area contributed by atoms with Crippen molar-refractivity contribution in [3.8, 4) is 0 Å². The predicted octanol–water partition coefficient (Wildman–Crippen LogP) is 3.71. The molecule has 0 nitrogen and oxygen atoms in total. The highest BCUT2D eigenvalue weighted by molar-refractivity contribution is 4.91. The Morgan fingerprint density at radius 3 is 1.83 bits per heavy atom. The van der Waals surface area contributed by atoms with Gasteiger partial charge in [0.25, 0.3) is 0 Å². The number of rotatable bonds is 1. The van der Waals surface area contributed by atoms with Crippen molar-refractivity contribution in [2.75, 3.05) is 0 Å². The average Bonchev–Trinajstić information content (AvgIpc) is 2.42. The molecule has 0 aliphatic heterocycles. The van der Waals surface area contributed by atoms with E-state index in [0.717, 1.165) is 29.6 Å². The summed E-state index contributed by atoms with van der Waals surface area (Å²) in [4.78, 5) is 0. The molecule has 0 N–H and O–H groups in total. The lowest BCUT2D eigenvalue weighted by atomic mass is 9.90. The molecule has 0 heteroatoms. The molecule has 12 heavy (non-hydrogen) atoms. The fraction of sp³-hybridized carbons (Fsp3) is 1.00. The van der Waals surface area contributed by atoms with Gasteiger partial charge in [-0.1, -0.05) is 20.8 Å². The molecular formula is C12H22. The molecule has 0 radical (unpaired) electrons. The van der Waals surface area contributed by atoms with Crippen LogP contribution in [0.4, 0.5) is 0 Å². The maximum absolute atomic E-state index is 2.43. The van der Waals surface area contributed by atoms with Crippen molar-refractivity contribution in [2.24, 2.45) is 29.6 Å². The Balaban J connectivity index is 1.93. The van der Waals surface area contributed by atoms with E-state index in [2.05, 4.69) is 20.8 Å². The molecule has 2 aliphatic rings. The quantitative estimate of drug-likeness (QED) is 0.557. The second-order valence-electron chi connectivity index (χ2n) is 5.57. The second-order valence-corrected chi connectivity index (χ2v) is 5.57. The first-order chi connectivity index (χ1) is 5.66. The molecule has 0 spiro atoms. The molecule has 2 atom stereocenters. The lowest BCUT2D eigenvalue weighted by Gasteiger charge is -2.15. The van der Waals surface area contributed by atoms with Crippen molar-refractivity contribution in [2.45, 2.75) is 46.5 Å². The van der Waals surface area contributed by atoms with Crippen molar-refractivity contribution >= 4 is 0 Å². The molecular weight excluding hydrogens is 144 g/mol. The molecule has 2 fully saturated rings. The van der Waals surface area contributed by atoms with Crippen LogP contribution in [0, 0.1) is 29.6 Å². The highest BCUT2D eigenvalue weighted by atomic mass is 14.5. The summed E-state index contributed by atoms with van der Waals surface area (Å²) in [6.07, 6.45) is 6.17. The van der Waals surface area contributed by atoms with E-state index in [-0.39, 0.29) is 0 Å². The van der Waals surface area contributed by atoms with Gasteiger partial charge in [0.2, 0.25) is 0 Å². The van der Waals surface area contributed by atoms with Crippen LogP contribution in [-0.4, -0.2) is 0 Å². The van der Waals surface area contributed by atoms with Crippen molar-refractivity contribution in [1.29, 1.82) is 0 Å². The van der Waals surface area contributed by atoms with Crippen LogP contribution in [0.2, 0.25) is 0 Å². The zero-order valence-corrected chi connectivity index (χ0v) is 8.72. The molecule has 0 heterocycles. The average molecular weight is 166 g/mol. The Morgan fingerprint density at radius 2 is 1.42 bits per heavy atom. The fourth-order valence-corrected chi connectivity index (χ4v) is 3.51. The summed E-state index contributed by atoms with van der Waals surface area (Å²) >= 11 is 0. The first kappa shape index (κ1) is 8.59. The molecule has 0 aromatic carbocycles. The van der Waals surface area contributed by atoms with Crippen molar-refractivity contribution in [1.82, 2.24) is 0 Å². The summed E-state index contributed by atoms with van der Waals surface area (Å²) in [6.45, 7) is 7.23. The third kappa shape index (κ3) is 1.41. The van der Waals surface area contributed by atoms with Crippen LogP contribution in [0.1, 0.15) is 46.5 Å². The monoisotopic (exact) mass is 166 g/mol. The minimum absolute atomic E-state index is 0.936. The Morgan fingerprint density at radius 1 is 0.917 bits per heavy atom. The van der Waals surface area contributed by atoms with Gasteiger partial charge in [0, 0.05) is 0 Å². The molecule has 2 saturated carbocycles. The summed E-state index contributed by atoms with van der Waals surface area (Å²) in [5.41, 5.74) is 0. The van der Waals surface area contributed by atoms with Crippen LogP contribution in [0.3, 0.4) is 0 Å². The van der Waals surface area contributed by atoms with Gasteiger partial charge in [0.1, 0.15) is 0 Å². The molecule has 0 bridgehead atoms. The Kier molecular flexibility index (Phi) is 2.18. The van der Waals surface area contributed by atoms with Gasteiger partial charge in [-0.25, -0.2) is 0 Å². The molecule has 0 saturated heterocycles. The van der Waals surface area contributed by atoms with Crippen molar-refractivity contribution < 1.29 is 0 Å². The molecule has 0 amide bonds. The predicted molar refractivity (Wildman–Crippen MR) is 52.9 cm³/mol. The summed E-state index contributed by atoms with van der Waals surface area (Å²) in [5, 5.41) is 0. The molecule has 0 aromatic rings. The third-order valence-electron chi connectivity index (χ3n) is 4.23. The lowest BCUT2D eigenvalue weighted by molar-refractivity contribution is 0.353. The van der Waals surface area contributed by atoms with Gasteiger partial charge in [-0.3, -0.25) is 0 Å². The van der Waals surface area contributed by atoms with Crippen LogP contribution >= 0.6 is 0 Å². The van der Waals surface area contributed by atoms with E-state index < -0.39 is 0 Å². The highest BCUT2D eigenvalue weighted by Crippen LogP contribution is 2.50. The summed E-state index contributed by atoms with van der Waals surface area (Å²) in [6, 6.07) is 0. The molecule has 2 rings (SSSR count). The number of hydrogen-bond donors (Lipinski definition) is 0. The van der Waals surface area contributed by atoms with Gasteiger partial charge < -0.3 is 0 Å².